The molecule has 1 aliphatic rings. The summed E-state index contributed by atoms with van der Waals surface area (Å²) in [5.74, 6) is 1.30. The molecule has 1 atom stereocenters. The van der Waals surface area contributed by atoms with Crippen LogP contribution >= 0.6 is 0 Å². The molecule has 1 unspecified atom stereocenters. The Bertz CT molecular complexity index is 528. The van der Waals surface area contributed by atoms with Crippen molar-refractivity contribution in [3.63, 3.8) is 0 Å². The van der Waals surface area contributed by atoms with Crippen LogP contribution in [-0.4, -0.2) is 31.1 Å². The summed E-state index contributed by atoms with van der Waals surface area (Å²) >= 11 is 0. The van der Waals surface area contributed by atoms with Crippen molar-refractivity contribution in [2.24, 2.45) is 4.99 Å². The minimum Gasteiger partial charge on any atom is -0.496 e. The number of amides is 1. The van der Waals surface area contributed by atoms with Crippen molar-refractivity contribution in [3.8, 4) is 5.75 Å². The van der Waals surface area contributed by atoms with Gasteiger partial charge < -0.3 is 10.1 Å². The molecule has 20 heavy (non-hydrogen) atoms. The number of rotatable bonds is 5. The van der Waals surface area contributed by atoms with E-state index in [1.807, 2.05) is 31.2 Å². The minimum atomic E-state index is -0.693. The number of aliphatic imine (C=N–C) groups is 1. The van der Waals surface area contributed by atoms with Gasteiger partial charge in [-0.05, 0) is 25.0 Å². The van der Waals surface area contributed by atoms with Gasteiger partial charge in [0.25, 0.3) is 5.91 Å². The van der Waals surface area contributed by atoms with Crippen molar-refractivity contribution < 1.29 is 9.53 Å². The maximum Gasteiger partial charge on any atom is 0.252 e. The maximum absolute atomic E-state index is 12.2. The van der Waals surface area contributed by atoms with Crippen molar-refractivity contribution in [3.05, 3.63) is 29.8 Å². The summed E-state index contributed by atoms with van der Waals surface area (Å²) in [6, 6.07) is 7.74. The molecule has 0 aliphatic carbocycles. The van der Waals surface area contributed by atoms with Gasteiger partial charge >= 0.3 is 0 Å². The summed E-state index contributed by atoms with van der Waals surface area (Å²) in [5, 5.41) is 5.98. The van der Waals surface area contributed by atoms with Crippen LogP contribution in [0.3, 0.4) is 0 Å². The second kappa shape index (κ2) is 5.94. The van der Waals surface area contributed by atoms with Crippen molar-refractivity contribution in [1.29, 1.82) is 0 Å². The first kappa shape index (κ1) is 14.4. The van der Waals surface area contributed by atoms with Gasteiger partial charge in [0, 0.05) is 13.0 Å². The van der Waals surface area contributed by atoms with Gasteiger partial charge in [0.1, 0.15) is 11.3 Å². The molecule has 1 aliphatic heterocycles. The third-order valence-electron chi connectivity index (χ3n) is 3.36. The molecule has 1 aromatic carbocycles. The van der Waals surface area contributed by atoms with Crippen LogP contribution in [0, 0.1) is 0 Å². The van der Waals surface area contributed by atoms with Crippen LogP contribution in [-0.2, 0) is 11.2 Å². The number of hydrogen-bond acceptors (Lipinski definition) is 3. The van der Waals surface area contributed by atoms with Crippen molar-refractivity contribution in [1.82, 2.24) is 10.6 Å². The van der Waals surface area contributed by atoms with Gasteiger partial charge in [-0.2, -0.15) is 0 Å². The zero-order valence-corrected chi connectivity index (χ0v) is 12.2. The van der Waals surface area contributed by atoms with Crippen LogP contribution < -0.4 is 15.4 Å². The molecule has 108 valence electrons. The summed E-state index contributed by atoms with van der Waals surface area (Å²) in [5.41, 5.74) is 0.304. The third-order valence-corrected chi connectivity index (χ3v) is 3.36. The second-order valence-electron chi connectivity index (χ2n) is 5.13. The molecule has 1 fully saturated rings. The number of nitrogens with one attached hydrogen (secondary N) is 2. The first-order chi connectivity index (χ1) is 9.59. The molecule has 1 saturated heterocycles. The largest absolute Gasteiger partial charge is 0.496 e. The zero-order chi connectivity index (χ0) is 14.6. The molecular weight excluding hydrogens is 254 g/mol. The SMILES string of the molecule is CCCN=C1NC(=O)C(C)(Cc2ccccc2OC)N1. The number of hydrogen-bond donors (Lipinski definition) is 2. The van der Waals surface area contributed by atoms with E-state index in [4.69, 9.17) is 4.74 Å². The van der Waals surface area contributed by atoms with E-state index in [2.05, 4.69) is 22.5 Å². The Morgan fingerprint density at radius 3 is 2.80 bits per heavy atom. The molecule has 0 bridgehead atoms. The minimum absolute atomic E-state index is 0.0572. The molecular formula is C15H21N3O2. The summed E-state index contributed by atoms with van der Waals surface area (Å²) in [6.45, 7) is 4.63. The average Bonchev–Trinajstić information content (AvgIpc) is 2.72. The van der Waals surface area contributed by atoms with Crippen LogP contribution in [0.1, 0.15) is 25.8 Å². The third kappa shape index (κ3) is 2.92. The van der Waals surface area contributed by atoms with E-state index in [1.54, 1.807) is 7.11 Å². The molecule has 0 aromatic heterocycles. The fourth-order valence-electron chi connectivity index (χ4n) is 2.25. The van der Waals surface area contributed by atoms with E-state index in [0.717, 1.165) is 17.7 Å². The highest BCUT2D eigenvalue weighted by Crippen LogP contribution is 2.24. The lowest BCUT2D eigenvalue weighted by Gasteiger charge is -2.22. The maximum atomic E-state index is 12.2. The van der Waals surface area contributed by atoms with Gasteiger partial charge in [0.2, 0.25) is 0 Å². The van der Waals surface area contributed by atoms with Crippen LogP contribution in [0.2, 0.25) is 0 Å². The quantitative estimate of drug-likeness (QED) is 0.855. The zero-order valence-electron chi connectivity index (χ0n) is 12.2. The van der Waals surface area contributed by atoms with Gasteiger partial charge in [0.15, 0.2) is 5.96 Å². The Hall–Kier alpha value is -2.04. The molecule has 0 saturated carbocycles. The fraction of sp³-hybridized carbons (Fsp3) is 0.467. The molecule has 2 rings (SSSR count). The Labute approximate surface area is 119 Å². The monoisotopic (exact) mass is 275 g/mol. The first-order valence-electron chi connectivity index (χ1n) is 6.85. The summed E-state index contributed by atoms with van der Waals surface area (Å²) in [7, 11) is 1.64. The van der Waals surface area contributed by atoms with Gasteiger partial charge in [-0.3, -0.25) is 15.1 Å². The number of carbonyl (C=O) groups is 1. The Kier molecular flexibility index (Phi) is 4.27. The van der Waals surface area contributed by atoms with Crippen LogP contribution in [0.25, 0.3) is 0 Å². The highest BCUT2D eigenvalue weighted by molar-refractivity contribution is 6.08. The number of para-hydroxylation sites is 1. The highest BCUT2D eigenvalue weighted by Gasteiger charge is 2.41. The van der Waals surface area contributed by atoms with E-state index in [9.17, 15) is 4.79 Å². The number of methoxy groups -OCH3 is 1. The van der Waals surface area contributed by atoms with Gasteiger partial charge in [0.05, 0.1) is 7.11 Å². The number of benzene rings is 1. The van der Waals surface area contributed by atoms with Gasteiger partial charge in [-0.25, -0.2) is 0 Å². The van der Waals surface area contributed by atoms with Crippen molar-refractivity contribution in [2.75, 3.05) is 13.7 Å². The summed E-state index contributed by atoms with van der Waals surface area (Å²) in [4.78, 5) is 16.5. The standard InChI is InChI=1S/C15H21N3O2/c1-4-9-16-14-17-13(19)15(2,18-14)10-11-7-5-6-8-12(11)20-3/h5-8H,4,9-10H2,1-3H3,(H2,16,17,18,19). The Morgan fingerprint density at radius 2 is 2.10 bits per heavy atom. The molecule has 0 spiro atoms. The van der Waals surface area contributed by atoms with Crippen LogP contribution in [0.5, 0.6) is 5.75 Å². The van der Waals surface area contributed by atoms with E-state index in [0.29, 0.717) is 18.9 Å². The van der Waals surface area contributed by atoms with Gasteiger partial charge in [-0.15, -0.1) is 0 Å². The number of carbonyl (C=O) groups excluding carboxylic acids is 1. The molecule has 5 nitrogen and oxygen atoms in total. The fourth-order valence-corrected chi connectivity index (χ4v) is 2.25. The average molecular weight is 275 g/mol. The topological polar surface area (TPSA) is 62.7 Å². The molecule has 2 N–H and O–H groups in total. The predicted octanol–water partition coefficient (Wildman–Crippen LogP) is 1.48. The van der Waals surface area contributed by atoms with E-state index >= 15 is 0 Å². The first-order valence-corrected chi connectivity index (χ1v) is 6.85. The van der Waals surface area contributed by atoms with Crippen molar-refractivity contribution >= 4 is 11.9 Å². The number of guanidine groups is 1. The molecule has 1 aromatic rings. The lowest BCUT2D eigenvalue weighted by Crippen LogP contribution is -2.45. The molecule has 1 amide bonds. The second-order valence-corrected chi connectivity index (χ2v) is 5.13. The number of nitrogens with zero attached hydrogens (tertiary/aromatic N) is 1. The van der Waals surface area contributed by atoms with E-state index < -0.39 is 5.54 Å². The predicted molar refractivity (Wildman–Crippen MR) is 79.0 cm³/mol. The van der Waals surface area contributed by atoms with Crippen LogP contribution in [0.4, 0.5) is 0 Å². The molecule has 1 heterocycles. The lowest BCUT2D eigenvalue weighted by molar-refractivity contribution is -0.123. The van der Waals surface area contributed by atoms with E-state index in [1.165, 1.54) is 0 Å². The van der Waals surface area contributed by atoms with Crippen molar-refractivity contribution in [2.45, 2.75) is 32.2 Å². The molecule has 0 radical (unpaired) electrons. The highest BCUT2D eigenvalue weighted by atomic mass is 16.5. The summed E-state index contributed by atoms with van der Waals surface area (Å²) < 4.78 is 5.34. The Balaban J connectivity index is 2.17. The smallest absolute Gasteiger partial charge is 0.252 e. The van der Waals surface area contributed by atoms with Crippen LogP contribution in [0.15, 0.2) is 29.3 Å². The lowest BCUT2D eigenvalue weighted by atomic mass is 9.92. The van der Waals surface area contributed by atoms with E-state index in [-0.39, 0.29) is 5.91 Å². The summed E-state index contributed by atoms with van der Waals surface area (Å²) in [6.07, 6.45) is 1.50. The Morgan fingerprint density at radius 1 is 1.35 bits per heavy atom. The normalized spacial score (nSPS) is 23.6. The molecule has 5 heteroatoms. The van der Waals surface area contributed by atoms with Gasteiger partial charge in [-0.1, -0.05) is 25.1 Å². The number of ether oxygens (including phenoxy) is 1.